The molecule has 0 saturated carbocycles. The molecule has 2 aromatic rings. The summed E-state index contributed by atoms with van der Waals surface area (Å²) in [6, 6.07) is 4.64. The average molecular weight is 292 g/mol. The minimum Gasteiger partial charge on any atom is -0.481 e. The normalized spacial score (nSPS) is 11.6. The van der Waals surface area contributed by atoms with E-state index in [4.69, 9.17) is 9.52 Å². The van der Waals surface area contributed by atoms with Crippen molar-refractivity contribution >= 4 is 5.97 Å². The number of aromatic nitrogens is 2. The molecule has 112 valence electrons. The molecule has 1 aromatic carbocycles. The Morgan fingerprint density at radius 3 is 2.76 bits per heavy atom. The van der Waals surface area contributed by atoms with Crippen molar-refractivity contribution in [3.63, 3.8) is 0 Å². The summed E-state index contributed by atoms with van der Waals surface area (Å²) in [5.41, 5.74) is 0.628. The third-order valence-corrected chi connectivity index (χ3v) is 3.08. The van der Waals surface area contributed by atoms with Gasteiger partial charge in [-0.2, -0.15) is 0 Å². The van der Waals surface area contributed by atoms with E-state index in [0.717, 1.165) is 5.56 Å². The van der Waals surface area contributed by atoms with Crippen LogP contribution in [-0.4, -0.2) is 21.3 Å². The molecule has 21 heavy (non-hydrogen) atoms. The lowest BCUT2D eigenvalue weighted by Gasteiger charge is -2.19. The molecule has 0 aliphatic heterocycles. The second-order valence-electron chi connectivity index (χ2n) is 5.90. The molecule has 6 heteroatoms. The third-order valence-electron chi connectivity index (χ3n) is 3.08. The van der Waals surface area contributed by atoms with Gasteiger partial charge in [-0.15, -0.1) is 10.2 Å². The molecule has 0 radical (unpaired) electrons. The molecule has 5 nitrogen and oxygen atoms in total. The first-order valence-electron chi connectivity index (χ1n) is 6.57. The second kappa shape index (κ2) is 5.63. The minimum absolute atomic E-state index is 0.0104. The van der Waals surface area contributed by atoms with Crippen molar-refractivity contribution in [1.82, 2.24) is 10.2 Å². The predicted molar refractivity (Wildman–Crippen MR) is 74.2 cm³/mol. The van der Waals surface area contributed by atoms with Crippen molar-refractivity contribution in [2.24, 2.45) is 5.41 Å². The van der Waals surface area contributed by atoms with Gasteiger partial charge in [-0.05, 0) is 24.5 Å². The van der Waals surface area contributed by atoms with Crippen LogP contribution in [0.1, 0.15) is 31.7 Å². The maximum absolute atomic E-state index is 13.8. The number of rotatable bonds is 5. The lowest BCUT2D eigenvalue weighted by molar-refractivity contribution is -0.139. The van der Waals surface area contributed by atoms with E-state index in [1.807, 2.05) is 6.92 Å². The van der Waals surface area contributed by atoms with Gasteiger partial charge in [-0.3, -0.25) is 4.79 Å². The lowest BCUT2D eigenvalue weighted by atomic mass is 9.86. The number of nitrogens with zero attached hydrogens (tertiary/aromatic N) is 2. The maximum atomic E-state index is 13.8. The molecule has 0 aliphatic rings. The first kappa shape index (κ1) is 15.2. The summed E-state index contributed by atoms with van der Waals surface area (Å²) in [5.74, 6) is -0.903. The molecule has 1 N–H and O–H groups in total. The molecular formula is C15H17FN2O3. The number of aliphatic carboxylic acids is 1. The number of carbonyl (C=O) groups is 1. The Balaban J connectivity index is 2.22. The zero-order chi connectivity index (χ0) is 15.6. The van der Waals surface area contributed by atoms with Crippen LogP contribution < -0.4 is 0 Å². The number of halogens is 1. The number of benzene rings is 1. The molecular weight excluding hydrogens is 275 g/mol. The van der Waals surface area contributed by atoms with Crippen molar-refractivity contribution in [2.75, 3.05) is 0 Å². The topological polar surface area (TPSA) is 76.2 Å². The zero-order valence-corrected chi connectivity index (χ0v) is 12.2. The van der Waals surface area contributed by atoms with Gasteiger partial charge in [0.05, 0.1) is 12.0 Å². The maximum Gasteiger partial charge on any atom is 0.303 e. The van der Waals surface area contributed by atoms with Gasteiger partial charge in [0.15, 0.2) is 0 Å². The van der Waals surface area contributed by atoms with Gasteiger partial charge in [-0.25, -0.2) is 4.39 Å². The van der Waals surface area contributed by atoms with Crippen molar-refractivity contribution in [3.8, 4) is 11.5 Å². The molecule has 0 bridgehead atoms. The SMILES string of the molecule is Cc1ccc(F)c(-c2nnc(CC(C)(C)CC(=O)O)o2)c1. The predicted octanol–water partition coefficient (Wildman–Crippen LogP) is 3.23. The summed E-state index contributed by atoms with van der Waals surface area (Å²) in [6.45, 7) is 5.45. The molecule has 0 saturated heterocycles. The van der Waals surface area contributed by atoms with E-state index < -0.39 is 17.2 Å². The Morgan fingerprint density at radius 1 is 1.38 bits per heavy atom. The van der Waals surface area contributed by atoms with Crippen LogP contribution in [0.25, 0.3) is 11.5 Å². The van der Waals surface area contributed by atoms with E-state index in [9.17, 15) is 9.18 Å². The zero-order valence-electron chi connectivity index (χ0n) is 12.2. The fraction of sp³-hybridized carbons (Fsp3) is 0.400. The average Bonchev–Trinajstić information content (AvgIpc) is 2.78. The Hall–Kier alpha value is -2.24. The molecule has 0 aliphatic carbocycles. The van der Waals surface area contributed by atoms with Crippen LogP contribution in [0.3, 0.4) is 0 Å². The van der Waals surface area contributed by atoms with Crippen LogP contribution in [-0.2, 0) is 11.2 Å². The van der Waals surface area contributed by atoms with Crippen LogP contribution >= 0.6 is 0 Å². The third kappa shape index (κ3) is 3.87. The fourth-order valence-electron chi connectivity index (χ4n) is 2.12. The van der Waals surface area contributed by atoms with Gasteiger partial charge in [0.2, 0.25) is 5.89 Å². The van der Waals surface area contributed by atoms with E-state index in [1.54, 1.807) is 26.0 Å². The van der Waals surface area contributed by atoms with Crippen LogP contribution in [0, 0.1) is 18.2 Å². The van der Waals surface area contributed by atoms with Crippen molar-refractivity contribution in [3.05, 3.63) is 35.5 Å². The number of carboxylic acid groups (broad SMARTS) is 1. The lowest BCUT2D eigenvalue weighted by Crippen LogP contribution is -2.19. The number of hydrogen-bond acceptors (Lipinski definition) is 4. The van der Waals surface area contributed by atoms with Crippen LogP contribution in [0.15, 0.2) is 22.6 Å². The van der Waals surface area contributed by atoms with Crippen LogP contribution in [0.2, 0.25) is 0 Å². The number of hydrogen-bond donors (Lipinski definition) is 1. The molecule has 0 spiro atoms. The van der Waals surface area contributed by atoms with Crippen LogP contribution in [0.4, 0.5) is 4.39 Å². The van der Waals surface area contributed by atoms with Crippen molar-refractivity contribution in [2.45, 2.75) is 33.6 Å². The molecule has 0 amide bonds. The van der Waals surface area contributed by atoms with Gasteiger partial charge >= 0.3 is 5.97 Å². The minimum atomic E-state index is -0.885. The summed E-state index contributed by atoms with van der Waals surface area (Å²) in [5, 5.41) is 16.6. The summed E-state index contributed by atoms with van der Waals surface area (Å²) < 4.78 is 19.2. The first-order chi connectivity index (χ1) is 9.77. The Labute approximate surface area is 121 Å². The van der Waals surface area contributed by atoms with Gasteiger partial charge in [0, 0.05) is 6.42 Å². The Morgan fingerprint density at radius 2 is 2.10 bits per heavy atom. The summed E-state index contributed by atoms with van der Waals surface area (Å²) in [4.78, 5) is 10.8. The molecule has 0 fully saturated rings. The highest BCUT2D eigenvalue weighted by atomic mass is 19.1. The van der Waals surface area contributed by atoms with E-state index >= 15 is 0 Å². The van der Waals surface area contributed by atoms with Crippen molar-refractivity contribution in [1.29, 1.82) is 0 Å². The monoisotopic (exact) mass is 292 g/mol. The smallest absolute Gasteiger partial charge is 0.303 e. The van der Waals surface area contributed by atoms with Crippen molar-refractivity contribution < 1.29 is 18.7 Å². The highest BCUT2D eigenvalue weighted by Gasteiger charge is 2.25. The molecule has 1 heterocycles. The largest absolute Gasteiger partial charge is 0.481 e. The van der Waals surface area contributed by atoms with Gasteiger partial charge in [0.25, 0.3) is 5.89 Å². The second-order valence-corrected chi connectivity index (χ2v) is 5.90. The number of aryl methyl sites for hydroxylation is 1. The van der Waals surface area contributed by atoms with E-state index in [0.29, 0.717) is 12.3 Å². The van der Waals surface area contributed by atoms with E-state index in [2.05, 4.69) is 10.2 Å². The van der Waals surface area contributed by atoms with Gasteiger partial charge in [0.1, 0.15) is 5.82 Å². The number of carboxylic acids is 1. The fourth-order valence-corrected chi connectivity index (χ4v) is 2.12. The standard InChI is InChI=1S/C15H17FN2O3/c1-9-4-5-11(16)10(6-9)14-18-17-12(21-14)7-15(2,3)8-13(19)20/h4-6H,7-8H2,1-3H3,(H,19,20). The van der Waals surface area contributed by atoms with Gasteiger partial charge < -0.3 is 9.52 Å². The molecule has 0 atom stereocenters. The summed E-state index contributed by atoms with van der Waals surface area (Å²) >= 11 is 0. The van der Waals surface area contributed by atoms with E-state index in [-0.39, 0.29) is 17.9 Å². The molecule has 2 rings (SSSR count). The molecule has 1 aromatic heterocycles. The van der Waals surface area contributed by atoms with Crippen LogP contribution in [0.5, 0.6) is 0 Å². The quantitative estimate of drug-likeness (QED) is 0.915. The molecule has 0 unspecified atom stereocenters. The first-order valence-corrected chi connectivity index (χ1v) is 6.57. The Kier molecular flexibility index (Phi) is 4.06. The summed E-state index contributed by atoms with van der Waals surface area (Å²) in [6.07, 6.45) is 0.309. The Bertz CT molecular complexity index is 665. The highest BCUT2D eigenvalue weighted by Crippen LogP contribution is 2.28. The highest BCUT2D eigenvalue weighted by molar-refractivity contribution is 5.67. The van der Waals surface area contributed by atoms with E-state index in [1.165, 1.54) is 6.07 Å². The summed E-state index contributed by atoms with van der Waals surface area (Å²) in [7, 11) is 0. The van der Waals surface area contributed by atoms with Gasteiger partial charge in [-0.1, -0.05) is 25.5 Å².